The Labute approximate surface area is 126 Å². The highest BCUT2D eigenvalue weighted by atomic mass is 16.5. The summed E-state index contributed by atoms with van der Waals surface area (Å²) < 4.78 is 5.69. The van der Waals surface area contributed by atoms with Gasteiger partial charge in [0.05, 0.1) is 12.0 Å². The maximum absolute atomic E-state index is 13.0. The van der Waals surface area contributed by atoms with Gasteiger partial charge in [-0.1, -0.05) is 19.1 Å². The molecule has 1 aromatic rings. The highest BCUT2D eigenvalue weighted by molar-refractivity contribution is 5.96. The van der Waals surface area contributed by atoms with Gasteiger partial charge in [-0.3, -0.25) is 4.79 Å². The van der Waals surface area contributed by atoms with E-state index in [1.54, 1.807) is 0 Å². The van der Waals surface area contributed by atoms with E-state index in [0.29, 0.717) is 19.2 Å². The Kier molecular flexibility index (Phi) is 4.27. The lowest BCUT2D eigenvalue weighted by Crippen LogP contribution is -2.40. The zero-order valence-electron chi connectivity index (χ0n) is 12.6. The molecule has 2 aliphatic rings. The highest BCUT2D eigenvalue weighted by Gasteiger charge is 2.41. The van der Waals surface area contributed by atoms with Gasteiger partial charge < -0.3 is 15.4 Å². The van der Waals surface area contributed by atoms with E-state index in [1.807, 2.05) is 29.2 Å². The minimum absolute atomic E-state index is 0.0183. The Morgan fingerprint density at radius 1 is 1.29 bits per heavy atom. The summed E-state index contributed by atoms with van der Waals surface area (Å²) in [6.07, 6.45) is 4.05. The third-order valence-electron chi connectivity index (χ3n) is 4.53. The average Bonchev–Trinajstić information content (AvgIpc) is 3.23. The number of hydrogen-bond donors (Lipinski definition) is 1. The van der Waals surface area contributed by atoms with Gasteiger partial charge in [0.15, 0.2) is 0 Å². The number of nitrogens with two attached hydrogens (primary N) is 1. The molecule has 1 aliphatic carbocycles. The van der Waals surface area contributed by atoms with Crippen LogP contribution in [0.1, 0.15) is 38.2 Å². The second-order valence-corrected chi connectivity index (χ2v) is 6.02. The molecule has 0 radical (unpaired) electrons. The van der Waals surface area contributed by atoms with E-state index in [-0.39, 0.29) is 17.9 Å². The van der Waals surface area contributed by atoms with Gasteiger partial charge in [0.1, 0.15) is 0 Å². The van der Waals surface area contributed by atoms with E-state index in [2.05, 4.69) is 6.92 Å². The van der Waals surface area contributed by atoms with Crippen LogP contribution in [-0.2, 0) is 16.1 Å². The van der Waals surface area contributed by atoms with Gasteiger partial charge in [0, 0.05) is 24.9 Å². The number of ether oxygens (including phenoxy) is 1. The first-order valence-electron chi connectivity index (χ1n) is 7.98. The van der Waals surface area contributed by atoms with Crippen molar-refractivity contribution in [2.45, 2.75) is 51.3 Å². The fourth-order valence-electron chi connectivity index (χ4n) is 3.16. The molecule has 0 bridgehead atoms. The molecule has 0 aromatic heterocycles. The fraction of sp³-hybridized carbons (Fsp3) is 0.588. The number of anilines is 1. The Balaban J connectivity index is 1.82. The Morgan fingerprint density at radius 3 is 2.57 bits per heavy atom. The summed E-state index contributed by atoms with van der Waals surface area (Å²) in [4.78, 5) is 15.0. The zero-order chi connectivity index (χ0) is 14.8. The summed E-state index contributed by atoms with van der Waals surface area (Å²) in [5.41, 5.74) is 7.74. The van der Waals surface area contributed by atoms with Crippen molar-refractivity contribution in [3.05, 3.63) is 29.8 Å². The number of carbonyl (C=O) groups is 1. The van der Waals surface area contributed by atoms with Crippen LogP contribution in [0.2, 0.25) is 0 Å². The van der Waals surface area contributed by atoms with Crippen LogP contribution in [0.4, 0.5) is 5.69 Å². The van der Waals surface area contributed by atoms with Crippen molar-refractivity contribution in [2.24, 2.45) is 11.7 Å². The van der Waals surface area contributed by atoms with Gasteiger partial charge in [-0.15, -0.1) is 0 Å². The summed E-state index contributed by atoms with van der Waals surface area (Å²) in [5.74, 6) is 0.257. The Bertz CT molecular complexity index is 496. The van der Waals surface area contributed by atoms with Crippen molar-refractivity contribution in [1.82, 2.24) is 0 Å². The molecule has 4 nitrogen and oxygen atoms in total. The van der Waals surface area contributed by atoms with Crippen LogP contribution in [0, 0.1) is 5.92 Å². The Morgan fingerprint density at radius 2 is 2.00 bits per heavy atom. The van der Waals surface area contributed by atoms with Gasteiger partial charge in [-0.2, -0.15) is 0 Å². The summed E-state index contributed by atoms with van der Waals surface area (Å²) >= 11 is 0. The second-order valence-electron chi connectivity index (χ2n) is 6.02. The van der Waals surface area contributed by atoms with Crippen molar-refractivity contribution >= 4 is 11.6 Å². The first-order valence-corrected chi connectivity index (χ1v) is 7.98. The highest BCUT2D eigenvalue weighted by Crippen LogP contribution is 2.36. The standard InChI is InChI=1S/C17H24N2O2/c1-2-16-15(9-10-21-16)17(20)19(14-7-8-14)13-5-3-12(11-18)4-6-13/h3-6,14-16H,2,7-11,18H2,1H3. The van der Waals surface area contributed by atoms with E-state index in [4.69, 9.17) is 10.5 Å². The molecule has 1 aromatic carbocycles. The summed E-state index contributed by atoms with van der Waals surface area (Å²) in [6, 6.07) is 8.45. The van der Waals surface area contributed by atoms with E-state index in [9.17, 15) is 4.79 Å². The smallest absolute Gasteiger partial charge is 0.233 e. The Hall–Kier alpha value is -1.39. The minimum atomic E-state index is 0.0183. The molecule has 0 spiro atoms. The first kappa shape index (κ1) is 14.5. The molecule has 1 amide bonds. The lowest BCUT2D eigenvalue weighted by Gasteiger charge is -2.27. The maximum atomic E-state index is 13.0. The first-order chi connectivity index (χ1) is 10.2. The molecule has 1 saturated heterocycles. The van der Waals surface area contributed by atoms with E-state index < -0.39 is 0 Å². The summed E-state index contributed by atoms with van der Waals surface area (Å²) in [6.45, 7) is 3.33. The van der Waals surface area contributed by atoms with E-state index in [1.165, 1.54) is 0 Å². The summed E-state index contributed by atoms with van der Waals surface area (Å²) in [5, 5.41) is 0. The van der Waals surface area contributed by atoms with Crippen LogP contribution in [0.5, 0.6) is 0 Å². The molecular formula is C17H24N2O2. The number of benzene rings is 1. The van der Waals surface area contributed by atoms with Crippen LogP contribution < -0.4 is 10.6 Å². The molecule has 2 N–H and O–H groups in total. The van der Waals surface area contributed by atoms with E-state index >= 15 is 0 Å². The minimum Gasteiger partial charge on any atom is -0.377 e. The lowest BCUT2D eigenvalue weighted by molar-refractivity contribution is -0.124. The van der Waals surface area contributed by atoms with Crippen molar-refractivity contribution in [1.29, 1.82) is 0 Å². The molecule has 3 rings (SSSR count). The quantitative estimate of drug-likeness (QED) is 0.905. The predicted molar refractivity (Wildman–Crippen MR) is 83.0 cm³/mol. The molecule has 1 saturated carbocycles. The fourth-order valence-corrected chi connectivity index (χ4v) is 3.16. The molecule has 2 fully saturated rings. The molecule has 2 atom stereocenters. The van der Waals surface area contributed by atoms with Gasteiger partial charge in [-0.25, -0.2) is 0 Å². The predicted octanol–water partition coefficient (Wildman–Crippen LogP) is 2.46. The topological polar surface area (TPSA) is 55.6 Å². The SMILES string of the molecule is CCC1OCCC1C(=O)N(c1ccc(CN)cc1)C1CC1. The van der Waals surface area contributed by atoms with Crippen LogP contribution >= 0.6 is 0 Å². The molecule has 2 unspecified atom stereocenters. The van der Waals surface area contributed by atoms with Crippen LogP contribution in [0.15, 0.2) is 24.3 Å². The van der Waals surface area contributed by atoms with Crippen molar-refractivity contribution < 1.29 is 9.53 Å². The molecule has 114 valence electrons. The third kappa shape index (κ3) is 2.97. The number of amides is 1. The third-order valence-corrected chi connectivity index (χ3v) is 4.53. The maximum Gasteiger partial charge on any atom is 0.233 e. The van der Waals surface area contributed by atoms with Crippen LogP contribution in [0.25, 0.3) is 0 Å². The monoisotopic (exact) mass is 288 g/mol. The van der Waals surface area contributed by atoms with Gasteiger partial charge in [0.25, 0.3) is 0 Å². The van der Waals surface area contributed by atoms with Gasteiger partial charge in [-0.05, 0) is 43.4 Å². The van der Waals surface area contributed by atoms with E-state index in [0.717, 1.165) is 36.9 Å². The second kappa shape index (κ2) is 6.16. The number of nitrogens with zero attached hydrogens (tertiary/aromatic N) is 1. The summed E-state index contributed by atoms with van der Waals surface area (Å²) in [7, 11) is 0. The molecular weight excluding hydrogens is 264 g/mol. The van der Waals surface area contributed by atoms with Crippen molar-refractivity contribution in [3.63, 3.8) is 0 Å². The van der Waals surface area contributed by atoms with Crippen LogP contribution in [0.3, 0.4) is 0 Å². The zero-order valence-corrected chi connectivity index (χ0v) is 12.6. The average molecular weight is 288 g/mol. The molecule has 1 heterocycles. The van der Waals surface area contributed by atoms with Gasteiger partial charge in [0.2, 0.25) is 5.91 Å². The van der Waals surface area contributed by atoms with Crippen molar-refractivity contribution in [3.8, 4) is 0 Å². The normalized spacial score (nSPS) is 25.0. The largest absolute Gasteiger partial charge is 0.377 e. The number of rotatable bonds is 5. The molecule has 4 heteroatoms. The molecule has 21 heavy (non-hydrogen) atoms. The molecule has 1 aliphatic heterocycles. The number of carbonyl (C=O) groups excluding carboxylic acids is 1. The van der Waals surface area contributed by atoms with Gasteiger partial charge >= 0.3 is 0 Å². The van der Waals surface area contributed by atoms with Crippen molar-refractivity contribution in [2.75, 3.05) is 11.5 Å². The number of hydrogen-bond acceptors (Lipinski definition) is 3. The van der Waals surface area contributed by atoms with Crippen LogP contribution in [-0.4, -0.2) is 24.7 Å². The lowest BCUT2D eigenvalue weighted by atomic mass is 9.97.